The first-order chi connectivity index (χ1) is 9.59. The Hall–Kier alpha value is -1.95. The van der Waals surface area contributed by atoms with E-state index in [1.54, 1.807) is 0 Å². The molecule has 0 saturated heterocycles. The molecule has 0 aliphatic heterocycles. The van der Waals surface area contributed by atoms with E-state index in [1.165, 1.54) is 25.1 Å². The Labute approximate surface area is 124 Å². The maximum absolute atomic E-state index is 13.5. The molecule has 2 amide bonds. The van der Waals surface area contributed by atoms with Gasteiger partial charge in [-0.15, -0.1) is 0 Å². The van der Waals surface area contributed by atoms with Crippen molar-refractivity contribution in [3.63, 3.8) is 0 Å². The molecule has 0 fully saturated rings. The fraction of sp³-hybridized carbons (Fsp3) is 0.467. The lowest BCUT2D eigenvalue weighted by atomic mass is 9.85. The highest BCUT2D eigenvalue weighted by molar-refractivity contribution is 5.93. The number of nitrogens with one attached hydrogen (secondary N) is 2. The molecule has 1 atom stereocenters. The van der Waals surface area contributed by atoms with Crippen LogP contribution in [0.3, 0.4) is 0 Å². The molecule has 21 heavy (non-hydrogen) atoms. The first-order valence-electron chi connectivity index (χ1n) is 6.72. The molecule has 1 aromatic rings. The molecule has 5 nitrogen and oxygen atoms in total. The minimum atomic E-state index is -0.561. The third kappa shape index (κ3) is 5.51. The summed E-state index contributed by atoms with van der Waals surface area (Å²) in [5, 5.41) is 5.01. The number of benzene rings is 1. The molecule has 0 bridgehead atoms. The van der Waals surface area contributed by atoms with Gasteiger partial charge < -0.3 is 16.4 Å². The smallest absolute Gasteiger partial charge is 0.225 e. The van der Waals surface area contributed by atoms with Crippen molar-refractivity contribution in [3.05, 3.63) is 24.0 Å². The second-order valence-corrected chi connectivity index (χ2v) is 6.10. The lowest BCUT2D eigenvalue weighted by Gasteiger charge is -2.26. The Morgan fingerprint density at radius 2 is 1.90 bits per heavy atom. The lowest BCUT2D eigenvalue weighted by molar-refractivity contribution is -0.117. The molecule has 0 heterocycles. The van der Waals surface area contributed by atoms with Crippen LogP contribution in [0.1, 0.15) is 34.1 Å². The van der Waals surface area contributed by atoms with Gasteiger partial charge in [0.25, 0.3) is 0 Å². The van der Waals surface area contributed by atoms with E-state index in [2.05, 4.69) is 10.6 Å². The highest BCUT2D eigenvalue weighted by Crippen LogP contribution is 2.22. The van der Waals surface area contributed by atoms with Crippen LogP contribution in [0.15, 0.2) is 18.2 Å². The zero-order chi connectivity index (χ0) is 16.2. The van der Waals surface area contributed by atoms with Crippen molar-refractivity contribution < 1.29 is 14.0 Å². The minimum Gasteiger partial charge on any atom is -0.327 e. The number of hydrogen-bond donors (Lipinski definition) is 3. The van der Waals surface area contributed by atoms with E-state index in [0.717, 1.165) is 0 Å². The van der Waals surface area contributed by atoms with Gasteiger partial charge in [0.2, 0.25) is 11.8 Å². The van der Waals surface area contributed by atoms with Crippen LogP contribution in [0.5, 0.6) is 0 Å². The summed E-state index contributed by atoms with van der Waals surface area (Å²) in [6.07, 6.45) is 0.163. The summed E-state index contributed by atoms with van der Waals surface area (Å²) < 4.78 is 13.5. The van der Waals surface area contributed by atoms with E-state index in [4.69, 9.17) is 5.73 Å². The SMILES string of the molecule is CC(=O)Nc1cc(NC(=O)CC(N)C(C)(C)C)ccc1F. The highest BCUT2D eigenvalue weighted by atomic mass is 19.1. The van der Waals surface area contributed by atoms with Crippen molar-refractivity contribution >= 4 is 23.2 Å². The highest BCUT2D eigenvalue weighted by Gasteiger charge is 2.23. The predicted molar refractivity (Wildman–Crippen MR) is 81.4 cm³/mol. The fourth-order valence-corrected chi connectivity index (χ4v) is 1.61. The first kappa shape index (κ1) is 17.1. The molecule has 0 aliphatic rings. The molecule has 0 saturated carbocycles. The average molecular weight is 295 g/mol. The third-order valence-corrected chi connectivity index (χ3v) is 3.08. The maximum Gasteiger partial charge on any atom is 0.225 e. The molecule has 116 valence electrons. The van der Waals surface area contributed by atoms with Crippen molar-refractivity contribution in [1.82, 2.24) is 0 Å². The monoisotopic (exact) mass is 295 g/mol. The van der Waals surface area contributed by atoms with Gasteiger partial charge in [-0.05, 0) is 23.6 Å². The number of carbonyl (C=O) groups excluding carboxylic acids is 2. The number of amides is 2. The summed E-state index contributed by atoms with van der Waals surface area (Å²) in [6, 6.07) is 3.70. The minimum absolute atomic E-state index is 0.0282. The molecule has 6 heteroatoms. The van der Waals surface area contributed by atoms with Crippen molar-refractivity contribution in [2.24, 2.45) is 11.1 Å². The quantitative estimate of drug-likeness (QED) is 0.798. The van der Waals surface area contributed by atoms with Gasteiger partial charge in [0.05, 0.1) is 5.69 Å². The van der Waals surface area contributed by atoms with Gasteiger partial charge in [-0.3, -0.25) is 9.59 Å². The van der Waals surface area contributed by atoms with Gasteiger partial charge in [-0.25, -0.2) is 4.39 Å². The molecule has 1 unspecified atom stereocenters. The predicted octanol–water partition coefficient (Wildman–Crippen LogP) is 2.49. The topological polar surface area (TPSA) is 84.2 Å². The average Bonchev–Trinajstić information content (AvgIpc) is 2.31. The van der Waals surface area contributed by atoms with Crippen LogP contribution in [0, 0.1) is 11.2 Å². The van der Waals surface area contributed by atoms with E-state index < -0.39 is 5.82 Å². The van der Waals surface area contributed by atoms with Crippen LogP contribution in [0.2, 0.25) is 0 Å². The number of hydrogen-bond acceptors (Lipinski definition) is 3. The molecule has 1 aromatic carbocycles. The molecule has 0 aliphatic carbocycles. The van der Waals surface area contributed by atoms with E-state index >= 15 is 0 Å². The zero-order valence-corrected chi connectivity index (χ0v) is 12.8. The van der Waals surface area contributed by atoms with Gasteiger partial charge in [0, 0.05) is 25.1 Å². The largest absolute Gasteiger partial charge is 0.327 e. The normalized spacial score (nSPS) is 12.7. The Morgan fingerprint density at radius 3 is 2.43 bits per heavy atom. The Bertz CT molecular complexity index is 538. The van der Waals surface area contributed by atoms with Crippen molar-refractivity contribution in [2.45, 2.75) is 40.2 Å². The van der Waals surface area contributed by atoms with Gasteiger partial charge in [0.1, 0.15) is 5.82 Å². The van der Waals surface area contributed by atoms with E-state index in [1.807, 2.05) is 20.8 Å². The van der Waals surface area contributed by atoms with Crippen LogP contribution < -0.4 is 16.4 Å². The second-order valence-electron chi connectivity index (χ2n) is 6.10. The zero-order valence-electron chi connectivity index (χ0n) is 12.8. The van der Waals surface area contributed by atoms with Crippen LogP contribution in [0.4, 0.5) is 15.8 Å². The summed E-state index contributed by atoms with van der Waals surface area (Å²) >= 11 is 0. The van der Waals surface area contributed by atoms with Crippen molar-refractivity contribution in [3.8, 4) is 0 Å². The van der Waals surface area contributed by atoms with Gasteiger partial charge >= 0.3 is 0 Å². The van der Waals surface area contributed by atoms with Gasteiger partial charge in [-0.1, -0.05) is 20.8 Å². The number of nitrogens with two attached hydrogens (primary N) is 1. The summed E-state index contributed by atoms with van der Waals surface area (Å²) in [4.78, 5) is 22.9. The fourth-order valence-electron chi connectivity index (χ4n) is 1.61. The van der Waals surface area contributed by atoms with E-state index in [-0.39, 0.29) is 35.4 Å². The van der Waals surface area contributed by atoms with Crippen LogP contribution in [-0.2, 0) is 9.59 Å². The molecule has 1 rings (SSSR count). The number of rotatable bonds is 4. The van der Waals surface area contributed by atoms with Crippen LogP contribution in [-0.4, -0.2) is 17.9 Å². The van der Waals surface area contributed by atoms with E-state index in [0.29, 0.717) is 5.69 Å². The summed E-state index contributed by atoms with van der Waals surface area (Å²) in [6.45, 7) is 7.15. The molecule has 4 N–H and O–H groups in total. The van der Waals surface area contributed by atoms with E-state index in [9.17, 15) is 14.0 Å². The van der Waals surface area contributed by atoms with Crippen molar-refractivity contribution in [2.75, 3.05) is 10.6 Å². The second kappa shape index (κ2) is 6.67. The van der Waals surface area contributed by atoms with Crippen LogP contribution >= 0.6 is 0 Å². The Kier molecular flexibility index (Phi) is 5.43. The maximum atomic E-state index is 13.5. The third-order valence-electron chi connectivity index (χ3n) is 3.08. The number of halogens is 1. The molecular formula is C15H22FN3O2. The summed E-state index contributed by atoms with van der Waals surface area (Å²) in [5.41, 5.74) is 6.21. The van der Waals surface area contributed by atoms with Gasteiger partial charge in [-0.2, -0.15) is 0 Å². The standard InChI is InChI=1S/C15H22FN3O2/c1-9(20)18-12-7-10(5-6-11(12)16)19-14(21)8-13(17)15(2,3)4/h5-7,13H,8,17H2,1-4H3,(H,18,20)(H,19,21). The van der Waals surface area contributed by atoms with Crippen molar-refractivity contribution in [1.29, 1.82) is 0 Å². The number of anilines is 2. The molecular weight excluding hydrogens is 273 g/mol. The molecule has 0 spiro atoms. The first-order valence-corrected chi connectivity index (χ1v) is 6.72. The summed E-state index contributed by atoms with van der Waals surface area (Å²) in [5.74, 6) is -1.19. The number of carbonyl (C=O) groups is 2. The Balaban J connectivity index is 2.75. The molecule has 0 aromatic heterocycles. The van der Waals surface area contributed by atoms with Gasteiger partial charge in [0.15, 0.2) is 0 Å². The summed E-state index contributed by atoms with van der Waals surface area (Å²) in [7, 11) is 0. The van der Waals surface area contributed by atoms with Crippen LogP contribution in [0.25, 0.3) is 0 Å². The molecule has 0 radical (unpaired) electrons. The Morgan fingerprint density at radius 1 is 1.29 bits per heavy atom. The lowest BCUT2D eigenvalue weighted by Crippen LogP contribution is -2.38.